The molecule has 0 aliphatic heterocycles. The van der Waals surface area contributed by atoms with Gasteiger partial charge in [0.1, 0.15) is 5.82 Å². The molecule has 2 aromatic carbocycles. The molecule has 1 atom stereocenters. The van der Waals surface area contributed by atoms with Crippen LogP contribution in [0.2, 0.25) is 0 Å². The van der Waals surface area contributed by atoms with E-state index in [1.807, 2.05) is 0 Å². The Bertz CT molecular complexity index is 754. The summed E-state index contributed by atoms with van der Waals surface area (Å²) in [5.41, 5.74) is 2.11. The van der Waals surface area contributed by atoms with Gasteiger partial charge in [0.15, 0.2) is 9.84 Å². The Labute approximate surface area is 124 Å². The highest BCUT2D eigenvalue weighted by molar-refractivity contribution is 7.90. The second-order valence-electron chi connectivity index (χ2n) is 5.14. The van der Waals surface area contributed by atoms with Gasteiger partial charge in [-0.05, 0) is 47.9 Å². The molecule has 0 aromatic heterocycles. The Morgan fingerprint density at radius 1 is 1.19 bits per heavy atom. The molecule has 0 bridgehead atoms. The number of aliphatic hydroxyl groups is 1. The quantitative estimate of drug-likeness (QED) is 0.945. The lowest BCUT2D eigenvalue weighted by Crippen LogP contribution is -2.05. The normalized spacial score (nSPS) is 13.1. The van der Waals surface area contributed by atoms with Crippen LogP contribution in [0.5, 0.6) is 0 Å². The van der Waals surface area contributed by atoms with Crippen LogP contribution in [0.4, 0.5) is 4.39 Å². The van der Waals surface area contributed by atoms with Gasteiger partial charge in [0, 0.05) is 12.7 Å². The predicted octanol–water partition coefficient (Wildman–Crippen LogP) is 2.81. The van der Waals surface area contributed by atoms with Gasteiger partial charge >= 0.3 is 0 Å². The van der Waals surface area contributed by atoms with Crippen LogP contribution < -0.4 is 0 Å². The number of hydrogen-bond acceptors (Lipinski definition) is 3. The van der Waals surface area contributed by atoms with Gasteiger partial charge in [-0.2, -0.15) is 0 Å². The Morgan fingerprint density at radius 2 is 1.90 bits per heavy atom. The number of aryl methyl sites for hydroxylation is 1. The minimum Gasteiger partial charge on any atom is -0.388 e. The molecule has 0 radical (unpaired) electrons. The van der Waals surface area contributed by atoms with E-state index in [9.17, 15) is 17.9 Å². The first kappa shape index (κ1) is 15.7. The molecule has 112 valence electrons. The first-order valence-corrected chi connectivity index (χ1v) is 8.39. The van der Waals surface area contributed by atoms with Crippen LogP contribution in [-0.4, -0.2) is 19.8 Å². The molecular weight excluding hydrogens is 291 g/mol. The number of hydrogen-bond donors (Lipinski definition) is 1. The van der Waals surface area contributed by atoms with E-state index in [1.165, 1.54) is 24.3 Å². The summed E-state index contributed by atoms with van der Waals surface area (Å²) in [6, 6.07) is 10.6. The van der Waals surface area contributed by atoms with Crippen molar-refractivity contribution >= 4 is 9.84 Å². The lowest BCUT2D eigenvalue weighted by atomic mass is 9.98. The fraction of sp³-hybridized carbons (Fsp3) is 0.250. The highest BCUT2D eigenvalue weighted by atomic mass is 32.2. The lowest BCUT2D eigenvalue weighted by Gasteiger charge is -2.14. The molecule has 1 N–H and O–H groups in total. The van der Waals surface area contributed by atoms with Crippen molar-refractivity contribution in [2.24, 2.45) is 0 Å². The van der Waals surface area contributed by atoms with Crippen molar-refractivity contribution in [1.29, 1.82) is 0 Å². The van der Waals surface area contributed by atoms with Crippen LogP contribution in [0.25, 0.3) is 0 Å². The van der Waals surface area contributed by atoms with Gasteiger partial charge in [-0.25, -0.2) is 12.8 Å². The minimum absolute atomic E-state index is 0.176. The molecule has 0 aliphatic rings. The van der Waals surface area contributed by atoms with E-state index < -0.39 is 15.9 Å². The Kier molecular flexibility index (Phi) is 4.44. The molecule has 0 amide bonds. The van der Waals surface area contributed by atoms with E-state index in [-0.39, 0.29) is 10.7 Å². The molecule has 0 spiro atoms. The number of sulfone groups is 1. The highest BCUT2D eigenvalue weighted by Gasteiger charge is 2.14. The minimum atomic E-state index is -3.31. The monoisotopic (exact) mass is 308 g/mol. The van der Waals surface area contributed by atoms with Crippen molar-refractivity contribution in [2.45, 2.75) is 24.3 Å². The zero-order valence-corrected chi connectivity index (χ0v) is 12.7. The number of benzene rings is 2. The number of aliphatic hydroxyl groups excluding tert-OH is 1. The smallest absolute Gasteiger partial charge is 0.175 e. The summed E-state index contributed by atoms with van der Waals surface area (Å²) in [6.45, 7) is 1.78. The van der Waals surface area contributed by atoms with Gasteiger partial charge < -0.3 is 5.11 Å². The van der Waals surface area contributed by atoms with E-state index >= 15 is 0 Å². The molecule has 2 aromatic rings. The largest absolute Gasteiger partial charge is 0.388 e. The second kappa shape index (κ2) is 5.95. The molecule has 1 unspecified atom stereocenters. The fourth-order valence-corrected chi connectivity index (χ4v) is 2.84. The van der Waals surface area contributed by atoms with Crippen molar-refractivity contribution < 1.29 is 17.9 Å². The van der Waals surface area contributed by atoms with E-state index in [1.54, 1.807) is 25.1 Å². The summed E-state index contributed by atoms with van der Waals surface area (Å²) in [5.74, 6) is -0.315. The van der Waals surface area contributed by atoms with E-state index in [4.69, 9.17) is 0 Å². The standard InChI is InChI=1S/C16H17FO3S/c1-11-8-14(17)7-6-12(11)10-16(18)13-4-3-5-15(9-13)21(2,19)20/h3-9,16,18H,10H2,1-2H3. The third-order valence-electron chi connectivity index (χ3n) is 3.39. The van der Waals surface area contributed by atoms with Crippen LogP contribution in [0.1, 0.15) is 22.8 Å². The van der Waals surface area contributed by atoms with E-state index in [2.05, 4.69) is 0 Å². The van der Waals surface area contributed by atoms with Crippen LogP contribution in [0, 0.1) is 12.7 Å². The summed E-state index contributed by atoms with van der Waals surface area (Å²) in [4.78, 5) is 0.176. The maximum Gasteiger partial charge on any atom is 0.175 e. The predicted molar refractivity (Wildman–Crippen MR) is 79.4 cm³/mol. The van der Waals surface area contributed by atoms with Gasteiger partial charge in [0.2, 0.25) is 0 Å². The van der Waals surface area contributed by atoms with Crippen LogP contribution >= 0.6 is 0 Å². The van der Waals surface area contributed by atoms with Crippen molar-refractivity contribution in [3.05, 3.63) is 65.0 Å². The third-order valence-corrected chi connectivity index (χ3v) is 4.50. The topological polar surface area (TPSA) is 54.4 Å². The highest BCUT2D eigenvalue weighted by Crippen LogP contribution is 2.23. The molecule has 0 fully saturated rings. The van der Waals surface area contributed by atoms with Crippen molar-refractivity contribution in [3.8, 4) is 0 Å². The van der Waals surface area contributed by atoms with Crippen LogP contribution in [-0.2, 0) is 16.3 Å². The number of halogens is 1. The average Bonchev–Trinajstić information content (AvgIpc) is 2.41. The maximum atomic E-state index is 13.1. The number of rotatable bonds is 4. The zero-order valence-electron chi connectivity index (χ0n) is 11.9. The molecule has 21 heavy (non-hydrogen) atoms. The zero-order chi connectivity index (χ0) is 15.6. The summed E-state index contributed by atoms with van der Waals surface area (Å²) in [6.07, 6.45) is 0.595. The van der Waals surface area contributed by atoms with Crippen LogP contribution in [0.15, 0.2) is 47.4 Å². The molecule has 0 heterocycles. The Morgan fingerprint density at radius 3 is 2.52 bits per heavy atom. The van der Waals surface area contributed by atoms with Gasteiger partial charge in [0.25, 0.3) is 0 Å². The molecule has 0 aliphatic carbocycles. The molecular formula is C16H17FO3S. The van der Waals surface area contributed by atoms with Crippen molar-refractivity contribution in [3.63, 3.8) is 0 Å². The molecule has 0 saturated carbocycles. The molecule has 2 rings (SSSR count). The summed E-state index contributed by atoms with van der Waals surface area (Å²) in [5, 5.41) is 10.3. The first-order chi connectivity index (χ1) is 9.77. The lowest BCUT2D eigenvalue weighted by molar-refractivity contribution is 0.178. The maximum absolute atomic E-state index is 13.1. The fourth-order valence-electron chi connectivity index (χ4n) is 2.17. The second-order valence-corrected chi connectivity index (χ2v) is 7.15. The molecule has 5 heteroatoms. The Balaban J connectivity index is 2.26. The summed E-state index contributed by atoms with van der Waals surface area (Å²) in [7, 11) is -3.31. The van der Waals surface area contributed by atoms with Crippen LogP contribution in [0.3, 0.4) is 0 Å². The van der Waals surface area contributed by atoms with Gasteiger partial charge in [-0.3, -0.25) is 0 Å². The van der Waals surface area contributed by atoms with Crippen molar-refractivity contribution in [2.75, 3.05) is 6.26 Å². The molecule has 3 nitrogen and oxygen atoms in total. The van der Waals surface area contributed by atoms with Gasteiger partial charge in [-0.1, -0.05) is 18.2 Å². The third kappa shape index (κ3) is 3.89. The average molecular weight is 308 g/mol. The summed E-state index contributed by atoms with van der Waals surface area (Å²) < 4.78 is 36.1. The SMILES string of the molecule is Cc1cc(F)ccc1CC(O)c1cccc(S(C)(=O)=O)c1. The van der Waals surface area contributed by atoms with Gasteiger partial charge in [-0.15, -0.1) is 0 Å². The van der Waals surface area contributed by atoms with Crippen molar-refractivity contribution in [1.82, 2.24) is 0 Å². The van der Waals surface area contributed by atoms with E-state index in [0.717, 1.165) is 17.4 Å². The Hall–Kier alpha value is -1.72. The first-order valence-electron chi connectivity index (χ1n) is 6.50. The summed E-state index contributed by atoms with van der Waals surface area (Å²) >= 11 is 0. The van der Waals surface area contributed by atoms with E-state index in [0.29, 0.717) is 12.0 Å². The van der Waals surface area contributed by atoms with Gasteiger partial charge in [0.05, 0.1) is 11.0 Å². The molecule has 0 saturated heterocycles.